The number of hydrogen-bond acceptors (Lipinski definition) is 3. The van der Waals surface area contributed by atoms with Gasteiger partial charge in [-0.3, -0.25) is 4.72 Å². The van der Waals surface area contributed by atoms with E-state index >= 15 is 0 Å². The SMILES string of the molecule is CS(=O)(=O)Nc1ccc(CCNC(=O)NCCCc2ccccc2)cc1. The van der Waals surface area contributed by atoms with E-state index in [9.17, 15) is 13.2 Å². The number of benzene rings is 2. The standard InChI is InChI=1S/C19H25N3O3S/c1-26(24,25)22-18-11-9-17(10-12-18)13-15-21-19(23)20-14-5-8-16-6-3-2-4-7-16/h2-4,6-7,9-12,22H,5,8,13-15H2,1H3,(H2,20,21,23). The lowest BCUT2D eigenvalue weighted by atomic mass is 10.1. The maximum absolute atomic E-state index is 11.8. The van der Waals surface area contributed by atoms with Crippen LogP contribution in [0.15, 0.2) is 54.6 Å². The minimum Gasteiger partial charge on any atom is -0.338 e. The van der Waals surface area contributed by atoms with E-state index in [1.807, 2.05) is 30.3 Å². The van der Waals surface area contributed by atoms with E-state index < -0.39 is 10.0 Å². The molecule has 0 atom stereocenters. The summed E-state index contributed by atoms with van der Waals surface area (Å²) in [4.78, 5) is 11.8. The van der Waals surface area contributed by atoms with E-state index in [0.717, 1.165) is 24.7 Å². The molecule has 140 valence electrons. The molecule has 2 amide bonds. The molecule has 0 bridgehead atoms. The highest BCUT2D eigenvalue weighted by molar-refractivity contribution is 7.92. The molecule has 0 unspecified atom stereocenters. The molecule has 0 heterocycles. The lowest BCUT2D eigenvalue weighted by Gasteiger charge is -2.08. The predicted molar refractivity (Wildman–Crippen MR) is 105 cm³/mol. The topological polar surface area (TPSA) is 87.3 Å². The van der Waals surface area contributed by atoms with Gasteiger partial charge in [-0.1, -0.05) is 42.5 Å². The van der Waals surface area contributed by atoms with Gasteiger partial charge in [0, 0.05) is 18.8 Å². The number of sulfonamides is 1. The second-order valence-corrected chi connectivity index (χ2v) is 7.84. The largest absolute Gasteiger partial charge is 0.338 e. The van der Waals surface area contributed by atoms with Crippen LogP contribution in [0.3, 0.4) is 0 Å². The number of urea groups is 1. The summed E-state index contributed by atoms with van der Waals surface area (Å²) in [5.74, 6) is 0. The van der Waals surface area contributed by atoms with Gasteiger partial charge in [0.05, 0.1) is 6.26 Å². The van der Waals surface area contributed by atoms with Gasteiger partial charge in [-0.2, -0.15) is 0 Å². The van der Waals surface area contributed by atoms with Gasteiger partial charge in [0.25, 0.3) is 0 Å². The summed E-state index contributed by atoms with van der Waals surface area (Å²) in [5.41, 5.74) is 2.82. The van der Waals surface area contributed by atoms with Gasteiger partial charge in [0.1, 0.15) is 0 Å². The van der Waals surface area contributed by atoms with Crippen LogP contribution in [0.2, 0.25) is 0 Å². The van der Waals surface area contributed by atoms with Gasteiger partial charge in [0.15, 0.2) is 0 Å². The molecule has 0 aliphatic heterocycles. The monoisotopic (exact) mass is 375 g/mol. The molecule has 0 spiro atoms. The fraction of sp³-hybridized carbons (Fsp3) is 0.316. The average Bonchev–Trinajstić information content (AvgIpc) is 2.60. The van der Waals surface area contributed by atoms with Crippen LogP contribution in [-0.4, -0.2) is 33.8 Å². The van der Waals surface area contributed by atoms with Crippen LogP contribution in [0.5, 0.6) is 0 Å². The summed E-state index contributed by atoms with van der Waals surface area (Å²) in [6.07, 6.45) is 3.63. The maximum atomic E-state index is 11.8. The summed E-state index contributed by atoms with van der Waals surface area (Å²) in [6.45, 7) is 1.15. The zero-order valence-corrected chi connectivity index (χ0v) is 15.7. The van der Waals surface area contributed by atoms with E-state index in [1.165, 1.54) is 5.56 Å². The number of rotatable bonds is 9. The second kappa shape index (κ2) is 9.82. The van der Waals surface area contributed by atoms with E-state index in [1.54, 1.807) is 12.1 Å². The summed E-state index contributed by atoms with van der Waals surface area (Å²) < 4.78 is 24.7. The van der Waals surface area contributed by atoms with Crippen LogP contribution in [-0.2, 0) is 22.9 Å². The minimum atomic E-state index is -3.26. The molecule has 2 aromatic carbocycles. The highest BCUT2D eigenvalue weighted by atomic mass is 32.2. The highest BCUT2D eigenvalue weighted by Crippen LogP contribution is 2.11. The molecular formula is C19H25N3O3S. The Morgan fingerprint density at radius 1 is 0.846 bits per heavy atom. The molecule has 0 aliphatic carbocycles. The number of nitrogens with one attached hydrogen (secondary N) is 3. The van der Waals surface area contributed by atoms with Crippen molar-refractivity contribution in [2.45, 2.75) is 19.3 Å². The van der Waals surface area contributed by atoms with E-state index in [-0.39, 0.29) is 6.03 Å². The Bertz CT molecular complexity index is 791. The number of carbonyl (C=O) groups excluding carboxylic acids is 1. The van der Waals surface area contributed by atoms with Crippen molar-refractivity contribution in [2.24, 2.45) is 0 Å². The zero-order valence-electron chi connectivity index (χ0n) is 14.9. The number of aryl methyl sites for hydroxylation is 1. The third-order valence-corrected chi connectivity index (χ3v) is 4.33. The summed E-state index contributed by atoms with van der Waals surface area (Å²) >= 11 is 0. The van der Waals surface area contributed by atoms with Crippen LogP contribution in [0, 0.1) is 0 Å². The van der Waals surface area contributed by atoms with Crippen molar-refractivity contribution in [1.82, 2.24) is 10.6 Å². The lowest BCUT2D eigenvalue weighted by molar-refractivity contribution is 0.241. The predicted octanol–water partition coefficient (Wildman–Crippen LogP) is 2.53. The van der Waals surface area contributed by atoms with Crippen molar-refractivity contribution in [1.29, 1.82) is 0 Å². The van der Waals surface area contributed by atoms with Gasteiger partial charge in [-0.25, -0.2) is 13.2 Å². The molecule has 2 aromatic rings. The third-order valence-electron chi connectivity index (χ3n) is 3.73. The molecule has 26 heavy (non-hydrogen) atoms. The highest BCUT2D eigenvalue weighted by Gasteiger charge is 2.03. The Hall–Kier alpha value is -2.54. The molecule has 0 saturated carbocycles. The summed E-state index contributed by atoms with van der Waals surface area (Å²) in [5, 5.41) is 5.67. The summed E-state index contributed by atoms with van der Waals surface area (Å²) in [7, 11) is -3.26. The maximum Gasteiger partial charge on any atom is 0.314 e. The first-order chi connectivity index (χ1) is 12.4. The quantitative estimate of drug-likeness (QED) is 0.589. The number of anilines is 1. The number of hydrogen-bond donors (Lipinski definition) is 3. The van der Waals surface area contributed by atoms with E-state index in [0.29, 0.717) is 25.2 Å². The third kappa shape index (κ3) is 8.02. The second-order valence-electron chi connectivity index (χ2n) is 6.09. The molecule has 6 nitrogen and oxygen atoms in total. The lowest BCUT2D eigenvalue weighted by Crippen LogP contribution is -2.37. The fourth-order valence-corrected chi connectivity index (χ4v) is 3.04. The molecule has 3 N–H and O–H groups in total. The average molecular weight is 375 g/mol. The zero-order chi connectivity index (χ0) is 18.8. The van der Waals surface area contributed by atoms with Crippen LogP contribution in [0.25, 0.3) is 0 Å². The van der Waals surface area contributed by atoms with Gasteiger partial charge in [0.2, 0.25) is 10.0 Å². The van der Waals surface area contributed by atoms with Crippen LogP contribution >= 0.6 is 0 Å². The van der Waals surface area contributed by atoms with Gasteiger partial charge in [-0.05, 0) is 42.5 Å². The van der Waals surface area contributed by atoms with E-state index in [4.69, 9.17) is 0 Å². The van der Waals surface area contributed by atoms with Crippen molar-refractivity contribution in [2.75, 3.05) is 24.1 Å². The van der Waals surface area contributed by atoms with Gasteiger partial charge in [-0.15, -0.1) is 0 Å². The minimum absolute atomic E-state index is 0.173. The van der Waals surface area contributed by atoms with Gasteiger partial charge >= 0.3 is 6.03 Å². The van der Waals surface area contributed by atoms with Crippen molar-refractivity contribution >= 4 is 21.7 Å². The Balaban J connectivity index is 1.60. The molecule has 7 heteroatoms. The van der Waals surface area contributed by atoms with Gasteiger partial charge < -0.3 is 10.6 Å². The molecular weight excluding hydrogens is 350 g/mol. The molecule has 2 rings (SSSR count). The molecule has 0 saturated heterocycles. The Kier molecular flexibility index (Phi) is 7.47. The molecule has 0 aromatic heterocycles. The Morgan fingerprint density at radius 2 is 1.46 bits per heavy atom. The summed E-state index contributed by atoms with van der Waals surface area (Å²) in [6, 6.07) is 17.1. The first-order valence-corrected chi connectivity index (χ1v) is 10.4. The molecule has 0 radical (unpaired) electrons. The first kappa shape index (κ1) is 19.8. The molecule has 0 aliphatic rings. The number of amides is 2. The fourth-order valence-electron chi connectivity index (χ4n) is 2.48. The first-order valence-electron chi connectivity index (χ1n) is 8.55. The van der Waals surface area contributed by atoms with Crippen LogP contribution in [0.4, 0.5) is 10.5 Å². The van der Waals surface area contributed by atoms with E-state index in [2.05, 4.69) is 27.5 Å². The smallest absolute Gasteiger partial charge is 0.314 e. The van der Waals surface area contributed by atoms with Crippen LogP contribution < -0.4 is 15.4 Å². The van der Waals surface area contributed by atoms with Crippen molar-refractivity contribution in [3.63, 3.8) is 0 Å². The molecule has 0 fully saturated rings. The Morgan fingerprint density at radius 3 is 2.12 bits per heavy atom. The van der Waals surface area contributed by atoms with Crippen molar-refractivity contribution in [3.05, 3.63) is 65.7 Å². The Labute approximate surface area is 155 Å². The van der Waals surface area contributed by atoms with Crippen LogP contribution in [0.1, 0.15) is 17.5 Å². The number of carbonyl (C=O) groups is 1. The van der Waals surface area contributed by atoms with Crippen molar-refractivity contribution in [3.8, 4) is 0 Å². The van der Waals surface area contributed by atoms with Crippen molar-refractivity contribution < 1.29 is 13.2 Å². The normalized spacial score (nSPS) is 11.0.